The highest BCUT2D eigenvalue weighted by molar-refractivity contribution is 6.00. The third-order valence-electron chi connectivity index (χ3n) is 1.38. The first kappa shape index (κ1) is 10.7. The summed E-state index contributed by atoms with van der Waals surface area (Å²) >= 11 is 0. The van der Waals surface area contributed by atoms with E-state index in [0.717, 1.165) is 6.54 Å². The van der Waals surface area contributed by atoms with E-state index in [2.05, 4.69) is 4.99 Å². The molecule has 0 rings (SSSR count). The molecule has 0 aromatic heterocycles. The minimum absolute atomic E-state index is 0.219. The van der Waals surface area contributed by atoms with Crippen LogP contribution in [0.15, 0.2) is 17.3 Å². The monoisotopic (exact) mass is 169 g/mol. The Morgan fingerprint density at radius 1 is 1.67 bits per heavy atom. The van der Waals surface area contributed by atoms with E-state index in [1.54, 1.807) is 6.08 Å². The lowest BCUT2D eigenvalue weighted by molar-refractivity contribution is -0.115. The van der Waals surface area contributed by atoms with Gasteiger partial charge in [0.1, 0.15) is 5.84 Å². The van der Waals surface area contributed by atoms with E-state index in [1.807, 2.05) is 18.9 Å². The van der Waals surface area contributed by atoms with Gasteiger partial charge in [-0.2, -0.15) is 4.99 Å². The highest BCUT2D eigenvalue weighted by atomic mass is 16.1. The van der Waals surface area contributed by atoms with Crippen LogP contribution in [0, 0.1) is 0 Å². The predicted molar refractivity (Wildman–Crippen MR) is 49.7 cm³/mol. The molecule has 0 spiro atoms. The smallest absolute Gasteiger partial charge is 0.244 e. The van der Waals surface area contributed by atoms with Gasteiger partial charge >= 0.3 is 0 Å². The average molecular weight is 169 g/mol. The molecule has 4 nitrogen and oxygen atoms in total. The minimum Gasteiger partial charge on any atom is -0.404 e. The minimum atomic E-state index is -0.219. The van der Waals surface area contributed by atoms with Crippen LogP contribution in [0.3, 0.4) is 0 Å². The van der Waals surface area contributed by atoms with Crippen molar-refractivity contribution in [2.45, 2.75) is 13.8 Å². The number of rotatable bonds is 2. The summed E-state index contributed by atoms with van der Waals surface area (Å²) in [6.45, 7) is 4.17. The molecule has 0 saturated heterocycles. The molecular weight excluding hydrogens is 154 g/mol. The molecule has 4 heteroatoms. The Hall–Kier alpha value is -1.32. The van der Waals surface area contributed by atoms with E-state index in [4.69, 9.17) is 5.73 Å². The second-order valence-electron chi connectivity index (χ2n) is 2.36. The molecule has 0 radical (unpaired) electrons. The summed E-state index contributed by atoms with van der Waals surface area (Å²) in [6.07, 6.45) is 2.97. The van der Waals surface area contributed by atoms with Crippen molar-refractivity contribution in [3.63, 3.8) is 0 Å². The molecule has 0 saturated carbocycles. The lowest BCUT2D eigenvalue weighted by Crippen LogP contribution is -2.25. The standard InChI is InChI=1S/C8H15N3O/c1-4-11(3)8(5-6-9)10-7(2)12/h5-6H,4,9H2,1-3H3. The summed E-state index contributed by atoms with van der Waals surface area (Å²) < 4.78 is 0. The molecule has 0 atom stereocenters. The van der Waals surface area contributed by atoms with Crippen LogP contribution < -0.4 is 5.73 Å². The Balaban J connectivity index is 4.53. The number of carbonyl (C=O) groups is 1. The zero-order valence-corrected chi connectivity index (χ0v) is 7.74. The summed E-state index contributed by atoms with van der Waals surface area (Å²) in [5.41, 5.74) is 5.20. The first-order chi connectivity index (χ1) is 5.61. The second kappa shape index (κ2) is 5.35. The molecule has 12 heavy (non-hydrogen) atoms. The predicted octanol–water partition coefficient (Wildman–Crippen LogP) is 0.356. The number of nitrogens with zero attached hydrogens (tertiary/aromatic N) is 2. The number of carbonyl (C=O) groups excluding carboxylic acids is 1. The molecule has 2 N–H and O–H groups in total. The summed E-state index contributed by atoms with van der Waals surface area (Å²) in [5.74, 6) is 0.371. The van der Waals surface area contributed by atoms with Gasteiger partial charge in [-0.25, -0.2) is 0 Å². The van der Waals surface area contributed by atoms with Crippen LogP contribution >= 0.6 is 0 Å². The zero-order valence-electron chi connectivity index (χ0n) is 7.74. The van der Waals surface area contributed by atoms with Crippen molar-refractivity contribution < 1.29 is 4.79 Å². The van der Waals surface area contributed by atoms with Crippen molar-refractivity contribution in [2.75, 3.05) is 13.6 Å². The maximum Gasteiger partial charge on any atom is 0.244 e. The summed E-state index contributed by atoms with van der Waals surface area (Å²) in [6, 6.07) is 0. The number of hydrogen-bond acceptors (Lipinski definition) is 2. The van der Waals surface area contributed by atoms with Crippen LogP contribution in [0.25, 0.3) is 0 Å². The van der Waals surface area contributed by atoms with Crippen LogP contribution in [0.1, 0.15) is 13.8 Å². The highest BCUT2D eigenvalue weighted by Crippen LogP contribution is 1.90. The van der Waals surface area contributed by atoms with Crippen molar-refractivity contribution >= 4 is 11.7 Å². The average Bonchev–Trinajstić information content (AvgIpc) is 2.01. The Labute approximate surface area is 72.8 Å². The molecule has 0 aliphatic carbocycles. The number of nitrogens with two attached hydrogens (primary N) is 1. The largest absolute Gasteiger partial charge is 0.404 e. The van der Waals surface area contributed by atoms with Gasteiger partial charge in [-0.05, 0) is 19.2 Å². The van der Waals surface area contributed by atoms with Gasteiger partial charge in [-0.15, -0.1) is 0 Å². The maximum absolute atomic E-state index is 10.7. The quantitative estimate of drug-likeness (QED) is 0.479. The lowest BCUT2D eigenvalue weighted by atomic mass is 10.4. The van der Waals surface area contributed by atoms with Crippen LogP contribution in [-0.2, 0) is 4.79 Å². The molecule has 0 bridgehead atoms. The molecule has 0 heterocycles. The molecule has 0 aromatic rings. The van der Waals surface area contributed by atoms with Crippen molar-refractivity contribution in [2.24, 2.45) is 10.7 Å². The van der Waals surface area contributed by atoms with E-state index >= 15 is 0 Å². The van der Waals surface area contributed by atoms with Crippen LogP contribution in [0.2, 0.25) is 0 Å². The van der Waals surface area contributed by atoms with E-state index in [-0.39, 0.29) is 5.91 Å². The molecule has 0 unspecified atom stereocenters. The van der Waals surface area contributed by atoms with Crippen LogP contribution in [0.5, 0.6) is 0 Å². The van der Waals surface area contributed by atoms with Gasteiger partial charge in [0.05, 0.1) is 0 Å². The summed E-state index contributed by atoms with van der Waals surface area (Å²) in [4.78, 5) is 16.3. The fourth-order valence-corrected chi connectivity index (χ4v) is 0.659. The van der Waals surface area contributed by atoms with E-state index in [9.17, 15) is 4.79 Å². The molecule has 68 valence electrons. The molecule has 1 amide bonds. The van der Waals surface area contributed by atoms with Gasteiger partial charge in [0.15, 0.2) is 0 Å². The van der Waals surface area contributed by atoms with E-state index in [0.29, 0.717) is 5.84 Å². The van der Waals surface area contributed by atoms with Crippen molar-refractivity contribution in [3.05, 3.63) is 12.3 Å². The number of amidine groups is 1. The number of hydrogen-bond donors (Lipinski definition) is 1. The lowest BCUT2D eigenvalue weighted by Gasteiger charge is -2.15. The van der Waals surface area contributed by atoms with Gasteiger partial charge in [-0.3, -0.25) is 4.79 Å². The molecule has 0 aliphatic heterocycles. The Morgan fingerprint density at radius 3 is 2.58 bits per heavy atom. The van der Waals surface area contributed by atoms with Crippen LogP contribution in [0.4, 0.5) is 0 Å². The van der Waals surface area contributed by atoms with Gasteiger partial charge in [0, 0.05) is 20.5 Å². The van der Waals surface area contributed by atoms with Gasteiger partial charge in [-0.1, -0.05) is 0 Å². The normalized spacial score (nSPS) is 12.1. The fraction of sp³-hybridized carbons (Fsp3) is 0.500. The molecular formula is C8H15N3O. The molecule has 0 aliphatic rings. The molecule has 0 aromatic carbocycles. The van der Waals surface area contributed by atoms with Crippen molar-refractivity contribution in [1.29, 1.82) is 0 Å². The van der Waals surface area contributed by atoms with Gasteiger partial charge < -0.3 is 10.6 Å². The van der Waals surface area contributed by atoms with Crippen molar-refractivity contribution in [3.8, 4) is 0 Å². The fourth-order valence-electron chi connectivity index (χ4n) is 0.659. The third-order valence-corrected chi connectivity index (χ3v) is 1.38. The third kappa shape index (κ3) is 3.75. The topological polar surface area (TPSA) is 58.7 Å². The zero-order chi connectivity index (χ0) is 9.56. The van der Waals surface area contributed by atoms with Gasteiger partial charge in [0.25, 0.3) is 0 Å². The first-order valence-corrected chi connectivity index (χ1v) is 3.80. The Bertz CT molecular complexity index is 208. The summed E-state index contributed by atoms with van der Waals surface area (Å²) in [7, 11) is 1.85. The van der Waals surface area contributed by atoms with E-state index in [1.165, 1.54) is 13.1 Å². The molecule has 0 fully saturated rings. The SMILES string of the molecule is CCN(C)C(C=CN)=NC(C)=O. The van der Waals surface area contributed by atoms with Gasteiger partial charge in [0.2, 0.25) is 5.91 Å². The number of likely N-dealkylation sites (N-methyl/N-ethyl adjacent to an activating group) is 1. The first-order valence-electron chi connectivity index (χ1n) is 3.80. The Morgan fingerprint density at radius 2 is 2.25 bits per heavy atom. The number of amides is 1. The number of aliphatic imine (C=N–C) groups is 1. The summed E-state index contributed by atoms with van der Waals surface area (Å²) in [5, 5.41) is 0. The van der Waals surface area contributed by atoms with E-state index < -0.39 is 0 Å². The maximum atomic E-state index is 10.7. The Kier molecular flexibility index (Phi) is 4.76. The highest BCUT2D eigenvalue weighted by Gasteiger charge is 2.00. The second-order valence-corrected chi connectivity index (χ2v) is 2.36. The van der Waals surface area contributed by atoms with Crippen LogP contribution in [-0.4, -0.2) is 30.2 Å². The van der Waals surface area contributed by atoms with Crippen molar-refractivity contribution in [1.82, 2.24) is 4.90 Å².